The minimum Gasteiger partial charge on any atom is -0.495 e. The van der Waals surface area contributed by atoms with Crippen molar-refractivity contribution in [2.24, 2.45) is 11.8 Å². The minimum atomic E-state index is -0.0191. The molecule has 1 saturated heterocycles. The topological polar surface area (TPSA) is 93.5 Å². The molecule has 3 aliphatic rings. The first-order chi connectivity index (χ1) is 17.0. The number of piperidine rings is 1. The Bertz CT molecular complexity index is 1360. The number of halogens is 1. The van der Waals surface area contributed by atoms with Gasteiger partial charge in [-0.05, 0) is 17.9 Å². The number of nitrogens with zero attached hydrogens (tertiary/aromatic N) is 4. The fraction of sp³-hybridized carbons (Fsp3) is 0.400. The van der Waals surface area contributed by atoms with Crippen molar-refractivity contribution in [2.45, 2.75) is 19.1 Å². The largest absolute Gasteiger partial charge is 0.495 e. The van der Waals surface area contributed by atoms with E-state index in [0.717, 1.165) is 42.1 Å². The molecule has 0 radical (unpaired) electrons. The second kappa shape index (κ2) is 8.82. The molecule has 5 heterocycles. The van der Waals surface area contributed by atoms with Crippen molar-refractivity contribution in [1.82, 2.24) is 24.8 Å². The summed E-state index contributed by atoms with van der Waals surface area (Å²) >= 11 is 6.44. The molecule has 1 aliphatic carbocycles. The van der Waals surface area contributed by atoms with Crippen molar-refractivity contribution >= 4 is 28.5 Å². The molecule has 2 unspecified atom stereocenters. The van der Waals surface area contributed by atoms with Gasteiger partial charge < -0.3 is 29.6 Å². The Hall–Kier alpha value is -3.14. The van der Waals surface area contributed by atoms with E-state index in [4.69, 9.17) is 21.1 Å². The smallest absolute Gasteiger partial charge is 0.251 e. The van der Waals surface area contributed by atoms with Gasteiger partial charge in [0.2, 0.25) is 0 Å². The Labute approximate surface area is 207 Å². The van der Waals surface area contributed by atoms with E-state index in [-0.39, 0.29) is 5.56 Å². The molecule has 2 aliphatic heterocycles. The van der Waals surface area contributed by atoms with E-state index in [1.807, 2.05) is 12.1 Å². The molecule has 0 bridgehead atoms. The van der Waals surface area contributed by atoms with E-state index in [1.165, 1.54) is 0 Å². The summed E-state index contributed by atoms with van der Waals surface area (Å²) < 4.78 is 12.7. The van der Waals surface area contributed by atoms with Gasteiger partial charge in [-0.1, -0.05) is 18.2 Å². The summed E-state index contributed by atoms with van der Waals surface area (Å²) in [4.78, 5) is 24.0. The van der Waals surface area contributed by atoms with E-state index >= 15 is 0 Å². The number of pyridine rings is 3. The lowest BCUT2D eigenvalue weighted by molar-refractivity contribution is 0.278. The number of anilines is 1. The van der Waals surface area contributed by atoms with Gasteiger partial charge in [0, 0.05) is 62.7 Å². The molecular formula is C25H27ClN6O3. The third-order valence-corrected chi connectivity index (χ3v) is 7.50. The van der Waals surface area contributed by atoms with E-state index in [1.54, 1.807) is 30.0 Å². The van der Waals surface area contributed by atoms with Gasteiger partial charge >= 0.3 is 0 Å². The Balaban J connectivity index is 1.04. The molecule has 182 valence electrons. The summed E-state index contributed by atoms with van der Waals surface area (Å²) in [7, 11) is 1.60. The zero-order valence-electron chi connectivity index (χ0n) is 19.5. The van der Waals surface area contributed by atoms with Crippen molar-refractivity contribution in [1.29, 1.82) is 0 Å². The van der Waals surface area contributed by atoms with E-state index in [2.05, 4.69) is 32.1 Å². The van der Waals surface area contributed by atoms with Crippen LogP contribution in [0.4, 0.5) is 5.82 Å². The van der Waals surface area contributed by atoms with Crippen LogP contribution in [0.3, 0.4) is 0 Å². The molecule has 35 heavy (non-hydrogen) atoms. The minimum absolute atomic E-state index is 0.0191. The maximum absolute atomic E-state index is 12.5. The van der Waals surface area contributed by atoms with Gasteiger partial charge in [-0.15, -0.1) is 0 Å². The normalized spacial score (nSPS) is 22.9. The van der Waals surface area contributed by atoms with Crippen LogP contribution in [-0.4, -0.2) is 58.8 Å². The van der Waals surface area contributed by atoms with Crippen molar-refractivity contribution in [2.75, 3.05) is 38.7 Å². The summed E-state index contributed by atoms with van der Waals surface area (Å²) in [6, 6.07) is 7.50. The number of likely N-dealkylation sites (tertiary alicyclic amines) is 1. The average molecular weight is 495 g/mol. The number of fused-ring (bicyclic) bond motifs is 3. The number of hydrogen-bond donors (Lipinski definition) is 2. The van der Waals surface area contributed by atoms with Gasteiger partial charge in [0.15, 0.2) is 11.6 Å². The van der Waals surface area contributed by atoms with Crippen LogP contribution in [0.1, 0.15) is 5.69 Å². The maximum atomic E-state index is 12.5. The van der Waals surface area contributed by atoms with Crippen LogP contribution in [0.15, 0.2) is 47.5 Å². The molecule has 3 aromatic rings. The summed E-state index contributed by atoms with van der Waals surface area (Å²) in [6.07, 6.45) is 1.67. The van der Waals surface area contributed by atoms with Crippen molar-refractivity contribution < 1.29 is 9.47 Å². The highest BCUT2D eigenvalue weighted by Crippen LogP contribution is 2.45. The predicted molar refractivity (Wildman–Crippen MR) is 134 cm³/mol. The summed E-state index contributed by atoms with van der Waals surface area (Å²) in [5.41, 5.74) is 3.16. The Morgan fingerprint density at radius 3 is 2.91 bits per heavy atom. The number of aromatic nitrogens is 3. The standard InChI is InChI=1S/C25H27ClN6O3/c1-14-13-35-22-8-18(26)20(30-25(22)29-14)10-28-24-16-11-31(12-17(16)24)5-6-32-21-7-15(34-2)9-27-19(21)3-4-23(32)33/h3-4,7-9,16-17,24,28H,1,5-6,10-13H2,2H3,(H,29,30). The van der Waals surface area contributed by atoms with Crippen LogP contribution >= 0.6 is 11.6 Å². The van der Waals surface area contributed by atoms with Crippen LogP contribution in [0.2, 0.25) is 5.02 Å². The number of ether oxygens (including phenoxy) is 2. The Morgan fingerprint density at radius 1 is 1.29 bits per heavy atom. The lowest BCUT2D eigenvalue weighted by Gasteiger charge is -2.22. The van der Waals surface area contributed by atoms with E-state index in [9.17, 15) is 4.79 Å². The summed E-state index contributed by atoms with van der Waals surface area (Å²) in [5.74, 6) is 3.19. The molecule has 0 amide bonds. The third-order valence-electron chi connectivity index (χ3n) is 7.17. The number of nitrogens with one attached hydrogen (secondary N) is 2. The van der Waals surface area contributed by atoms with Crippen LogP contribution < -0.4 is 25.7 Å². The summed E-state index contributed by atoms with van der Waals surface area (Å²) in [5, 5.41) is 7.40. The molecule has 9 nitrogen and oxygen atoms in total. The fourth-order valence-electron chi connectivity index (χ4n) is 5.25. The van der Waals surface area contributed by atoms with Crippen molar-refractivity contribution in [3.63, 3.8) is 0 Å². The van der Waals surface area contributed by atoms with Crippen LogP contribution in [-0.2, 0) is 13.1 Å². The number of hydrogen-bond acceptors (Lipinski definition) is 8. The van der Waals surface area contributed by atoms with Gasteiger partial charge in [0.1, 0.15) is 12.4 Å². The predicted octanol–water partition coefficient (Wildman–Crippen LogP) is 2.49. The Morgan fingerprint density at radius 2 is 2.11 bits per heavy atom. The lowest BCUT2D eigenvalue weighted by Crippen LogP contribution is -2.34. The van der Waals surface area contributed by atoms with E-state index < -0.39 is 0 Å². The number of methoxy groups -OCH3 is 1. The maximum Gasteiger partial charge on any atom is 0.251 e. The molecule has 0 aromatic carbocycles. The van der Waals surface area contributed by atoms with Gasteiger partial charge in [-0.25, -0.2) is 4.98 Å². The third kappa shape index (κ3) is 4.24. The molecule has 2 fully saturated rings. The second-order valence-corrected chi connectivity index (χ2v) is 9.78. The van der Waals surface area contributed by atoms with E-state index in [0.29, 0.717) is 59.9 Å². The summed E-state index contributed by atoms with van der Waals surface area (Å²) in [6.45, 7) is 8.41. The zero-order valence-corrected chi connectivity index (χ0v) is 20.2. The molecule has 3 aromatic heterocycles. The van der Waals surface area contributed by atoms with Gasteiger partial charge in [0.25, 0.3) is 5.56 Å². The fourth-order valence-corrected chi connectivity index (χ4v) is 5.46. The molecule has 10 heteroatoms. The first-order valence-corrected chi connectivity index (χ1v) is 12.1. The highest BCUT2D eigenvalue weighted by Gasteiger charge is 2.55. The molecule has 6 rings (SSSR count). The molecule has 2 atom stereocenters. The first-order valence-electron chi connectivity index (χ1n) is 11.8. The van der Waals surface area contributed by atoms with Gasteiger partial charge in [0.05, 0.1) is 35.1 Å². The highest BCUT2D eigenvalue weighted by molar-refractivity contribution is 6.31. The lowest BCUT2D eigenvalue weighted by atomic mass is 10.2. The van der Waals surface area contributed by atoms with Crippen LogP contribution in [0.5, 0.6) is 11.5 Å². The molecular weight excluding hydrogens is 468 g/mol. The van der Waals surface area contributed by atoms with Crippen molar-refractivity contribution in [3.05, 3.63) is 63.8 Å². The van der Waals surface area contributed by atoms with Gasteiger partial charge in [-0.2, -0.15) is 0 Å². The van der Waals surface area contributed by atoms with Crippen LogP contribution in [0, 0.1) is 11.8 Å². The second-order valence-electron chi connectivity index (χ2n) is 9.38. The number of rotatable bonds is 7. The quantitative estimate of drug-likeness (QED) is 0.517. The average Bonchev–Trinajstić information content (AvgIpc) is 3.31. The van der Waals surface area contributed by atoms with Gasteiger partial charge in [-0.3, -0.25) is 9.78 Å². The molecule has 2 N–H and O–H groups in total. The molecule has 0 spiro atoms. The zero-order chi connectivity index (χ0) is 24.1. The van der Waals surface area contributed by atoms with Crippen molar-refractivity contribution in [3.8, 4) is 11.5 Å². The highest BCUT2D eigenvalue weighted by atomic mass is 35.5. The Kier molecular flexibility index (Phi) is 5.63. The first kappa shape index (κ1) is 22.3. The van der Waals surface area contributed by atoms with Crippen LogP contribution in [0.25, 0.3) is 11.0 Å². The molecule has 1 saturated carbocycles. The SMILES string of the molecule is C=C1COc2cc(Cl)c(CNC3C4CN(CCn5c(=O)ccc6ncc(OC)cc65)CC43)nc2N1. The monoisotopic (exact) mass is 494 g/mol.